The highest BCUT2D eigenvalue weighted by Crippen LogP contribution is 2.35. The van der Waals surface area contributed by atoms with Crippen LogP contribution in [0.2, 0.25) is 0 Å². The number of hydrogen-bond acceptors (Lipinski definition) is 6. The van der Waals surface area contributed by atoms with Crippen LogP contribution in [0.1, 0.15) is 73.3 Å². The van der Waals surface area contributed by atoms with Crippen molar-refractivity contribution in [3.8, 4) is 29.3 Å². The van der Waals surface area contributed by atoms with Crippen LogP contribution in [-0.4, -0.2) is 29.2 Å². The van der Waals surface area contributed by atoms with E-state index in [4.69, 9.17) is 14.2 Å². The van der Waals surface area contributed by atoms with E-state index < -0.39 is 6.10 Å². The fourth-order valence-electron chi connectivity index (χ4n) is 7.34. The molecule has 6 nitrogen and oxygen atoms in total. The molecule has 3 atom stereocenters. The topological polar surface area (TPSA) is 85.2 Å². The second-order valence-electron chi connectivity index (χ2n) is 13.7. The van der Waals surface area contributed by atoms with Crippen molar-refractivity contribution in [3.05, 3.63) is 125 Å². The second-order valence-corrected chi connectivity index (χ2v) is 13.7. The smallest absolute Gasteiger partial charge is 0.161 e. The summed E-state index contributed by atoms with van der Waals surface area (Å²) in [6.07, 6.45) is 15.2. The number of ether oxygens (including phenoxy) is 3. The number of carbonyl (C=O) groups excluding carboxylic acids is 1. The normalized spacial score (nSPS) is 19.2. The van der Waals surface area contributed by atoms with E-state index in [2.05, 4.69) is 55.4 Å². The van der Waals surface area contributed by atoms with Gasteiger partial charge in [-0.15, -0.1) is 0 Å². The number of aliphatic hydroxyl groups is 1. The molecule has 4 aromatic carbocycles. The monoisotopic (exact) mass is 684 g/mol. The number of rotatable bonds is 9. The highest BCUT2D eigenvalue weighted by molar-refractivity contribution is 5.91. The van der Waals surface area contributed by atoms with Crippen LogP contribution in [0.3, 0.4) is 0 Å². The minimum absolute atomic E-state index is 0.0120. The lowest BCUT2D eigenvalue weighted by Crippen LogP contribution is -2.24. The number of aromatic hydroxyl groups is 1. The Hall–Kier alpha value is -5.15. The highest BCUT2D eigenvalue weighted by Gasteiger charge is 2.27. The van der Waals surface area contributed by atoms with Crippen LogP contribution in [-0.2, 0) is 41.8 Å². The molecular formula is C45H48O6. The zero-order valence-corrected chi connectivity index (χ0v) is 29.7. The van der Waals surface area contributed by atoms with Crippen molar-refractivity contribution in [2.75, 3.05) is 7.11 Å². The van der Waals surface area contributed by atoms with Crippen molar-refractivity contribution in [1.29, 1.82) is 0 Å². The van der Waals surface area contributed by atoms with Gasteiger partial charge in [0.1, 0.15) is 36.1 Å². The molecule has 0 saturated heterocycles. The quantitative estimate of drug-likeness (QED) is 0.135. The van der Waals surface area contributed by atoms with Gasteiger partial charge in [-0.2, -0.15) is 0 Å². The number of aryl methyl sites for hydroxylation is 3. The van der Waals surface area contributed by atoms with E-state index in [0.29, 0.717) is 43.8 Å². The number of phenolic OH excluding ortho intramolecular Hbond substituents is 1. The lowest BCUT2D eigenvalue weighted by Gasteiger charge is -2.28. The molecule has 0 aromatic heterocycles. The summed E-state index contributed by atoms with van der Waals surface area (Å²) < 4.78 is 18.1. The fourth-order valence-corrected chi connectivity index (χ4v) is 7.34. The Morgan fingerprint density at radius 1 is 0.922 bits per heavy atom. The van der Waals surface area contributed by atoms with Gasteiger partial charge >= 0.3 is 0 Å². The van der Waals surface area contributed by atoms with E-state index in [9.17, 15) is 15.0 Å². The van der Waals surface area contributed by atoms with Crippen LogP contribution in [0.5, 0.6) is 17.2 Å². The summed E-state index contributed by atoms with van der Waals surface area (Å²) in [5, 5.41) is 23.6. The van der Waals surface area contributed by atoms with Gasteiger partial charge in [-0.1, -0.05) is 73.9 Å². The first kappa shape index (κ1) is 35.7. The molecule has 4 aromatic rings. The molecular weight excluding hydrogens is 636 g/mol. The first-order chi connectivity index (χ1) is 24.9. The molecule has 3 unspecified atom stereocenters. The zero-order valence-electron chi connectivity index (χ0n) is 29.7. The van der Waals surface area contributed by atoms with E-state index in [0.717, 1.165) is 65.1 Å². The third-order valence-corrected chi connectivity index (χ3v) is 10.2. The Morgan fingerprint density at radius 3 is 2.59 bits per heavy atom. The largest absolute Gasteiger partial charge is 0.508 e. The van der Waals surface area contributed by atoms with Crippen LogP contribution < -0.4 is 9.47 Å². The highest BCUT2D eigenvalue weighted by atomic mass is 16.5. The van der Waals surface area contributed by atoms with Crippen molar-refractivity contribution in [1.82, 2.24) is 0 Å². The van der Waals surface area contributed by atoms with Crippen molar-refractivity contribution in [3.63, 3.8) is 0 Å². The van der Waals surface area contributed by atoms with Crippen molar-refractivity contribution in [2.24, 2.45) is 11.8 Å². The third kappa shape index (κ3) is 9.35. The van der Waals surface area contributed by atoms with Crippen LogP contribution in [0.15, 0.2) is 96.8 Å². The van der Waals surface area contributed by atoms with Gasteiger partial charge in [-0.3, -0.25) is 4.79 Å². The molecule has 0 amide bonds. The maximum atomic E-state index is 13.5. The SMILES string of the molecule is CCc1cc(O)c2c3ccc(cc13)COc1cc(ccc1OC)CCC(=O)CC(CC1C=C(O)C=CC1CCCCc1ccccc1)OC#CC2. The molecule has 7 rings (SSSR count). The summed E-state index contributed by atoms with van der Waals surface area (Å²) in [4.78, 5) is 13.5. The molecule has 0 spiro atoms. The van der Waals surface area contributed by atoms with E-state index in [1.165, 1.54) is 5.56 Å². The van der Waals surface area contributed by atoms with Gasteiger partial charge in [-0.25, -0.2) is 0 Å². The summed E-state index contributed by atoms with van der Waals surface area (Å²) in [5.41, 5.74) is 5.12. The Balaban J connectivity index is 1.25. The molecule has 51 heavy (non-hydrogen) atoms. The fraction of sp³-hybridized carbons (Fsp3) is 0.356. The Labute approximate surface area is 301 Å². The average molecular weight is 685 g/mol. The number of unbranched alkanes of at least 4 members (excludes halogenated alkanes) is 1. The summed E-state index contributed by atoms with van der Waals surface area (Å²) in [7, 11) is 1.62. The molecule has 6 bridgehead atoms. The third-order valence-electron chi connectivity index (χ3n) is 10.2. The van der Waals surface area contributed by atoms with Gasteiger partial charge in [0, 0.05) is 24.8 Å². The summed E-state index contributed by atoms with van der Waals surface area (Å²) in [6, 6.07) is 24.4. The molecule has 264 valence electrons. The number of benzene rings is 4. The number of hydrogen-bond donors (Lipinski definition) is 2. The number of methoxy groups -OCH3 is 1. The van der Waals surface area contributed by atoms with Crippen molar-refractivity contribution >= 4 is 16.6 Å². The predicted octanol–water partition coefficient (Wildman–Crippen LogP) is 9.54. The van der Waals surface area contributed by atoms with E-state index in [-0.39, 0.29) is 35.5 Å². The number of ketones is 1. The lowest BCUT2D eigenvalue weighted by atomic mass is 9.80. The molecule has 2 heterocycles. The molecule has 0 saturated carbocycles. The minimum Gasteiger partial charge on any atom is -0.508 e. The first-order valence-electron chi connectivity index (χ1n) is 18.2. The minimum atomic E-state index is -0.454. The molecule has 2 aliphatic heterocycles. The van der Waals surface area contributed by atoms with Crippen LogP contribution in [0.4, 0.5) is 0 Å². The van der Waals surface area contributed by atoms with Gasteiger partial charge in [0.15, 0.2) is 11.5 Å². The van der Waals surface area contributed by atoms with E-state index in [1.54, 1.807) is 13.2 Å². The maximum absolute atomic E-state index is 13.5. The predicted molar refractivity (Wildman–Crippen MR) is 202 cm³/mol. The maximum Gasteiger partial charge on any atom is 0.161 e. The van der Waals surface area contributed by atoms with Crippen LogP contribution >= 0.6 is 0 Å². The van der Waals surface area contributed by atoms with Gasteiger partial charge < -0.3 is 24.4 Å². The van der Waals surface area contributed by atoms with Crippen molar-refractivity contribution < 1.29 is 29.2 Å². The summed E-state index contributed by atoms with van der Waals surface area (Å²) in [5.74, 6) is 5.18. The number of phenols is 1. The Kier molecular flexibility index (Phi) is 12.0. The zero-order chi connectivity index (χ0) is 35.6. The van der Waals surface area contributed by atoms with Crippen LogP contribution in [0, 0.1) is 23.9 Å². The molecule has 1 aliphatic carbocycles. The van der Waals surface area contributed by atoms with Gasteiger partial charge in [0.05, 0.1) is 7.11 Å². The molecule has 0 radical (unpaired) electrons. The number of fused-ring (bicyclic) bond motifs is 9. The number of carbonyl (C=O) groups is 1. The summed E-state index contributed by atoms with van der Waals surface area (Å²) in [6.45, 7) is 2.42. The van der Waals surface area contributed by atoms with E-state index >= 15 is 0 Å². The number of aliphatic hydroxyl groups excluding tert-OH is 1. The summed E-state index contributed by atoms with van der Waals surface area (Å²) >= 11 is 0. The second kappa shape index (κ2) is 17.2. The van der Waals surface area contributed by atoms with E-state index in [1.807, 2.05) is 48.5 Å². The standard InChI is InChI=1S/C45H48O6/c1-3-34-28-43(48)41-14-9-23-50-39(27-36-26-37(46)20-18-35(36)13-8-7-12-31-10-5-4-6-11-31)29-38(47)19-15-32-17-22-44(49-2)45(25-32)51-30-33-16-21-40(41)42(34)24-33/h4-6,10-11,16-18,20-22,24-26,28,35-36,39,46,48H,3,7-8,12-15,19,27,29-30H2,1-2H3. The first-order valence-corrected chi connectivity index (χ1v) is 18.2. The number of allylic oxidation sites excluding steroid dienone is 3. The van der Waals surface area contributed by atoms with Gasteiger partial charge in [0.25, 0.3) is 0 Å². The Bertz CT molecular complexity index is 1950. The number of Topliss-reactive ketones (excluding diaryl/α,β-unsaturated/α-hetero) is 1. The van der Waals surface area contributed by atoms with Crippen LogP contribution in [0.25, 0.3) is 10.8 Å². The molecule has 0 fully saturated rings. The molecule has 3 aliphatic rings. The Morgan fingerprint density at radius 2 is 1.76 bits per heavy atom. The molecule has 2 N–H and O–H groups in total. The van der Waals surface area contributed by atoms with Gasteiger partial charge in [0.2, 0.25) is 0 Å². The molecule has 6 heteroatoms. The van der Waals surface area contributed by atoms with Gasteiger partial charge in [-0.05, 0) is 120 Å². The lowest BCUT2D eigenvalue weighted by molar-refractivity contribution is -0.121. The average Bonchev–Trinajstić information content (AvgIpc) is 3.14. The van der Waals surface area contributed by atoms with Crippen molar-refractivity contribution in [2.45, 2.75) is 83.8 Å².